The molecule has 0 radical (unpaired) electrons. The molecule has 0 amide bonds. The van der Waals surface area contributed by atoms with Gasteiger partial charge in [-0.25, -0.2) is 4.79 Å². The average molecular weight is 625 g/mol. The monoisotopic (exact) mass is 624 g/mol. The van der Waals surface area contributed by atoms with Crippen LogP contribution in [0, 0.1) is 24.2 Å². The number of benzene rings is 3. The highest BCUT2D eigenvalue weighted by molar-refractivity contribution is 6.02. The number of rotatable bonds is 15. The van der Waals surface area contributed by atoms with Crippen LogP contribution in [0.5, 0.6) is 11.5 Å². The zero-order valence-corrected chi connectivity index (χ0v) is 27.0. The van der Waals surface area contributed by atoms with Gasteiger partial charge in [-0.15, -0.1) is 0 Å². The van der Waals surface area contributed by atoms with Crippen LogP contribution in [0.3, 0.4) is 0 Å². The van der Waals surface area contributed by atoms with Gasteiger partial charge in [0.05, 0.1) is 37.7 Å². The zero-order valence-electron chi connectivity index (χ0n) is 27.0. The number of ether oxygens (including phenoxy) is 3. The largest absolute Gasteiger partial charge is 0.493 e. The van der Waals surface area contributed by atoms with E-state index in [1.165, 1.54) is 7.11 Å². The number of esters is 1. The highest BCUT2D eigenvalue weighted by Crippen LogP contribution is 2.40. The fraction of sp³-hybridized carbons (Fsp3) is 0.351. The molecule has 9 nitrogen and oxygen atoms in total. The number of para-hydroxylation sites is 1. The van der Waals surface area contributed by atoms with Gasteiger partial charge in [-0.2, -0.15) is 5.26 Å². The van der Waals surface area contributed by atoms with E-state index in [1.54, 1.807) is 51.3 Å². The Morgan fingerprint density at radius 1 is 1.02 bits per heavy atom. The lowest BCUT2D eigenvalue weighted by Gasteiger charge is -2.31. The van der Waals surface area contributed by atoms with Gasteiger partial charge in [-0.3, -0.25) is 4.79 Å². The Labute approximate surface area is 269 Å². The van der Waals surface area contributed by atoms with Gasteiger partial charge in [0.2, 0.25) is 0 Å². The molecular weight excluding hydrogens is 584 g/mol. The fourth-order valence-electron chi connectivity index (χ4n) is 5.74. The molecule has 1 aromatic heterocycles. The van der Waals surface area contributed by atoms with E-state index in [0.717, 1.165) is 11.8 Å². The summed E-state index contributed by atoms with van der Waals surface area (Å²) < 4.78 is 22.5. The number of nitrogens with zero attached hydrogens (tertiary/aromatic N) is 2. The molecule has 0 spiro atoms. The van der Waals surface area contributed by atoms with Crippen LogP contribution in [0.15, 0.2) is 75.9 Å². The topological polar surface area (TPSA) is 119 Å². The summed E-state index contributed by atoms with van der Waals surface area (Å²) in [6, 6.07) is 22.0. The Morgan fingerprint density at radius 2 is 1.74 bits per heavy atom. The molecule has 2 atom stereocenters. The molecule has 0 fully saturated rings. The Morgan fingerprint density at radius 3 is 2.41 bits per heavy atom. The van der Waals surface area contributed by atoms with Crippen molar-refractivity contribution in [3.05, 3.63) is 93.6 Å². The summed E-state index contributed by atoms with van der Waals surface area (Å²) in [5.41, 5.74) is 1.13. The first-order chi connectivity index (χ1) is 22.2. The third kappa shape index (κ3) is 7.13. The van der Waals surface area contributed by atoms with Gasteiger partial charge in [-0.1, -0.05) is 49.4 Å². The lowest BCUT2D eigenvalue weighted by molar-refractivity contribution is -0.112. The maximum Gasteiger partial charge on any atom is 0.341 e. The Bertz CT molecular complexity index is 1780. The van der Waals surface area contributed by atoms with Gasteiger partial charge in [0.1, 0.15) is 17.6 Å². The second kappa shape index (κ2) is 15.4. The van der Waals surface area contributed by atoms with Gasteiger partial charge in [0, 0.05) is 23.6 Å². The maximum absolute atomic E-state index is 13.1. The van der Waals surface area contributed by atoms with Crippen molar-refractivity contribution in [3.63, 3.8) is 0 Å². The number of fused-ring (bicyclic) bond motifs is 1. The van der Waals surface area contributed by atoms with Gasteiger partial charge >= 0.3 is 5.97 Å². The third-order valence-electron chi connectivity index (χ3n) is 8.51. The van der Waals surface area contributed by atoms with Crippen molar-refractivity contribution in [1.29, 1.82) is 5.26 Å². The first-order valence-electron chi connectivity index (χ1n) is 15.3. The lowest BCUT2D eigenvalue weighted by Crippen LogP contribution is -2.34. The van der Waals surface area contributed by atoms with Crippen LogP contribution in [0.4, 0.5) is 0 Å². The average Bonchev–Trinajstić information content (AvgIpc) is 3.09. The Balaban J connectivity index is 1.36. The van der Waals surface area contributed by atoms with Crippen LogP contribution in [-0.4, -0.2) is 58.1 Å². The number of aldehydes is 1. The maximum atomic E-state index is 13.1. The molecule has 46 heavy (non-hydrogen) atoms. The van der Waals surface area contributed by atoms with Crippen LogP contribution >= 0.6 is 0 Å². The Hall–Kier alpha value is -4.94. The number of carbonyl (C=O) groups excluding carboxylic acids is 2. The van der Waals surface area contributed by atoms with Crippen LogP contribution in [0.25, 0.3) is 22.3 Å². The van der Waals surface area contributed by atoms with E-state index in [9.17, 15) is 19.6 Å². The summed E-state index contributed by atoms with van der Waals surface area (Å²) in [7, 11) is 5.04. The summed E-state index contributed by atoms with van der Waals surface area (Å²) in [4.78, 5) is 40.2. The van der Waals surface area contributed by atoms with Crippen LogP contribution in [0.1, 0.15) is 47.7 Å². The Kier molecular flexibility index (Phi) is 11.3. The smallest absolute Gasteiger partial charge is 0.341 e. The minimum atomic E-state index is -1.02. The quantitative estimate of drug-likeness (QED) is 0.0848. The molecule has 9 heteroatoms. The molecular formula is C37H40N2O7. The molecule has 0 aliphatic heterocycles. The highest BCUT2D eigenvalue weighted by Gasteiger charge is 2.38. The fourth-order valence-corrected chi connectivity index (χ4v) is 5.74. The summed E-state index contributed by atoms with van der Waals surface area (Å²) in [5, 5.41) is 10.6. The van der Waals surface area contributed by atoms with E-state index < -0.39 is 17.3 Å². The predicted octanol–water partition coefficient (Wildman–Crippen LogP) is 6.34. The second-order valence-electron chi connectivity index (χ2n) is 11.4. The highest BCUT2D eigenvalue weighted by atomic mass is 16.5. The van der Waals surface area contributed by atoms with Gasteiger partial charge in [-0.05, 0) is 69.6 Å². The summed E-state index contributed by atoms with van der Waals surface area (Å²) >= 11 is 0. The molecule has 1 heterocycles. The molecule has 0 saturated heterocycles. The van der Waals surface area contributed by atoms with Crippen LogP contribution in [0.2, 0.25) is 0 Å². The van der Waals surface area contributed by atoms with Crippen molar-refractivity contribution in [2.45, 2.75) is 38.5 Å². The summed E-state index contributed by atoms with van der Waals surface area (Å²) in [6.07, 6.45) is 2.53. The molecule has 3 aromatic carbocycles. The van der Waals surface area contributed by atoms with Crippen molar-refractivity contribution in [2.75, 3.05) is 41.0 Å². The van der Waals surface area contributed by atoms with Crippen molar-refractivity contribution in [1.82, 2.24) is 4.90 Å². The van der Waals surface area contributed by atoms with Crippen molar-refractivity contribution in [3.8, 4) is 28.9 Å². The number of nitriles is 1. The number of hydrogen-bond donors (Lipinski definition) is 0. The summed E-state index contributed by atoms with van der Waals surface area (Å²) in [5.74, 6) is 0.382. The second-order valence-corrected chi connectivity index (χ2v) is 11.4. The van der Waals surface area contributed by atoms with Gasteiger partial charge in [0.15, 0.2) is 22.5 Å². The molecule has 2 unspecified atom stereocenters. The minimum absolute atomic E-state index is 0.178. The van der Waals surface area contributed by atoms with Gasteiger partial charge < -0.3 is 28.3 Å². The number of methoxy groups -OCH3 is 2. The zero-order chi connectivity index (χ0) is 33.3. The normalized spacial score (nSPS) is 13.1. The molecule has 0 saturated carbocycles. The minimum Gasteiger partial charge on any atom is -0.493 e. The standard InChI is InChI=1S/C37H40N2O7/c1-25(23-40)37(24-38,28-16-17-31(43-4)32(22-28)44-5)18-10-19-39(3)20-11-21-45-36(42)30-15-9-14-29-33(41)26(2)34(46-35(29)30)27-12-7-6-8-13-27/h6-9,12-17,22-23,25H,10-11,18-21H2,1-5H3. The van der Waals surface area contributed by atoms with Crippen molar-refractivity contribution in [2.24, 2.45) is 5.92 Å². The van der Waals surface area contributed by atoms with E-state index in [4.69, 9.17) is 18.6 Å². The molecule has 240 valence electrons. The first-order valence-corrected chi connectivity index (χ1v) is 15.3. The van der Waals surface area contributed by atoms with Gasteiger partial charge in [0.25, 0.3) is 0 Å². The number of hydrogen-bond acceptors (Lipinski definition) is 9. The SMILES string of the molecule is COc1ccc(C(C#N)(CCCN(C)CCCOC(=O)c2cccc3c(=O)c(C)c(-c4ccccc4)oc23)C(C)C=O)cc1OC. The van der Waals surface area contributed by atoms with E-state index in [1.807, 2.05) is 43.4 Å². The molecule has 0 N–H and O–H groups in total. The first kappa shape index (κ1) is 33.9. The molecule has 0 aliphatic carbocycles. The van der Waals surface area contributed by atoms with Crippen molar-refractivity contribution < 1.29 is 28.2 Å². The van der Waals surface area contributed by atoms with Crippen LogP contribution in [-0.2, 0) is 14.9 Å². The number of carbonyl (C=O) groups is 2. The predicted molar refractivity (Wildman–Crippen MR) is 176 cm³/mol. The summed E-state index contributed by atoms with van der Waals surface area (Å²) in [6.45, 7) is 4.97. The van der Waals surface area contributed by atoms with Crippen molar-refractivity contribution >= 4 is 23.2 Å². The van der Waals surface area contributed by atoms with Crippen LogP contribution < -0.4 is 14.9 Å². The van der Waals surface area contributed by atoms with E-state index in [2.05, 4.69) is 11.0 Å². The molecule has 4 aromatic rings. The molecule has 4 rings (SSSR count). The lowest BCUT2D eigenvalue weighted by atomic mass is 9.69. The molecule has 0 bridgehead atoms. The van der Waals surface area contributed by atoms with E-state index >= 15 is 0 Å². The van der Waals surface area contributed by atoms with E-state index in [0.29, 0.717) is 66.1 Å². The third-order valence-corrected chi connectivity index (χ3v) is 8.51. The molecule has 0 aliphatic rings. The van der Waals surface area contributed by atoms with E-state index in [-0.39, 0.29) is 23.2 Å².